The van der Waals surface area contributed by atoms with Gasteiger partial charge in [-0.1, -0.05) is 23.9 Å². The number of fused-ring (bicyclic) bond motifs is 3. The molecule has 0 aliphatic carbocycles. The fourth-order valence-electron chi connectivity index (χ4n) is 2.89. The Kier molecular flexibility index (Phi) is 4.03. The lowest BCUT2D eigenvalue weighted by Gasteiger charge is -2.30. The van der Waals surface area contributed by atoms with Crippen LogP contribution in [0, 0.1) is 0 Å². The third-order valence-corrected chi connectivity index (χ3v) is 5.51. The number of para-hydroxylation sites is 1. The quantitative estimate of drug-likeness (QED) is 0.827. The second-order valence-electron chi connectivity index (χ2n) is 5.36. The van der Waals surface area contributed by atoms with E-state index in [4.69, 9.17) is 9.84 Å². The Bertz CT molecular complexity index is 680. The molecule has 2 heterocycles. The average molecular weight is 336 g/mol. The zero-order chi connectivity index (χ0) is 16.6. The maximum atomic E-state index is 12.7. The molecule has 2 aliphatic rings. The van der Waals surface area contributed by atoms with Crippen LogP contribution in [0.15, 0.2) is 29.2 Å². The Morgan fingerprint density at radius 3 is 2.91 bits per heavy atom. The van der Waals surface area contributed by atoms with E-state index in [9.17, 15) is 14.4 Å². The summed E-state index contributed by atoms with van der Waals surface area (Å²) < 4.78 is 4.82. The molecule has 1 aromatic rings. The molecule has 1 aromatic carbocycles. The van der Waals surface area contributed by atoms with Crippen molar-refractivity contribution >= 4 is 35.2 Å². The molecular formula is C15H16N2O5S. The lowest BCUT2D eigenvalue weighted by Crippen LogP contribution is -2.54. The van der Waals surface area contributed by atoms with Crippen LogP contribution in [0.25, 0.3) is 0 Å². The zero-order valence-corrected chi connectivity index (χ0v) is 13.3. The smallest absolute Gasteiger partial charge is 0.334 e. The molecule has 2 unspecified atom stereocenters. The summed E-state index contributed by atoms with van der Waals surface area (Å²) in [7, 11) is 1.27. The van der Waals surface area contributed by atoms with Crippen molar-refractivity contribution < 1.29 is 24.2 Å². The minimum atomic E-state index is -1.15. The molecule has 0 aromatic heterocycles. The van der Waals surface area contributed by atoms with E-state index in [0.717, 1.165) is 10.6 Å². The third kappa shape index (κ3) is 2.47. The molecular weight excluding hydrogens is 320 g/mol. The van der Waals surface area contributed by atoms with Gasteiger partial charge in [-0.25, -0.2) is 4.79 Å². The van der Waals surface area contributed by atoms with Gasteiger partial charge >= 0.3 is 5.97 Å². The van der Waals surface area contributed by atoms with Gasteiger partial charge in [-0.3, -0.25) is 14.5 Å². The number of carbonyl (C=O) groups excluding carboxylic acids is 2. The highest BCUT2D eigenvalue weighted by atomic mass is 32.2. The van der Waals surface area contributed by atoms with Gasteiger partial charge in [0.25, 0.3) is 5.91 Å². The summed E-state index contributed by atoms with van der Waals surface area (Å²) in [6.45, 7) is -0.147. The first-order chi connectivity index (χ1) is 11.0. The molecule has 2 aliphatic heterocycles. The van der Waals surface area contributed by atoms with Gasteiger partial charge in [-0.2, -0.15) is 0 Å². The number of hydrogen-bond donors (Lipinski definition) is 2. The van der Waals surface area contributed by atoms with Gasteiger partial charge < -0.3 is 15.2 Å². The molecule has 0 saturated carbocycles. The number of amides is 2. The van der Waals surface area contributed by atoms with Crippen LogP contribution in [-0.2, 0) is 19.1 Å². The van der Waals surface area contributed by atoms with Gasteiger partial charge in [0.1, 0.15) is 0 Å². The molecule has 2 N–H and O–H groups in total. The largest absolute Gasteiger partial charge is 0.479 e. The number of nitrogens with zero attached hydrogens (tertiary/aromatic N) is 1. The second kappa shape index (κ2) is 5.86. The van der Waals surface area contributed by atoms with E-state index >= 15 is 0 Å². The van der Waals surface area contributed by atoms with Gasteiger partial charge in [0.05, 0.1) is 12.2 Å². The Morgan fingerprint density at radius 2 is 2.22 bits per heavy atom. The van der Waals surface area contributed by atoms with Gasteiger partial charge in [0.2, 0.25) is 5.91 Å². The van der Waals surface area contributed by atoms with Gasteiger partial charge in [0, 0.05) is 18.4 Å². The Labute approximate surface area is 137 Å². The molecule has 1 fully saturated rings. The highest BCUT2D eigenvalue weighted by molar-refractivity contribution is 8.02. The van der Waals surface area contributed by atoms with Crippen molar-refractivity contribution in [2.24, 2.45) is 0 Å². The number of thioether (sulfide) groups is 1. The van der Waals surface area contributed by atoms with Crippen LogP contribution in [0.2, 0.25) is 0 Å². The van der Waals surface area contributed by atoms with Crippen molar-refractivity contribution in [1.29, 1.82) is 0 Å². The van der Waals surface area contributed by atoms with Crippen LogP contribution >= 0.6 is 11.8 Å². The monoisotopic (exact) mass is 336 g/mol. The Morgan fingerprint density at radius 1 is 1.48 bits per heavy atom. The third-order valence-electron chi connectivity index (χ3n) is 4.04. The molecule has 0 radical (unpaired) electrons. The van der Waals surface area contributed by atoms with Crippen LogP contribution in [-0.4, -0.2) is 47.5 Å². The molecule has 2 amide bonds. The normalized spacial score (nSPS) is 23.3. The Balaban J connectivity index is 1.82. The number of benzene rings is 1. The van der Waals surface area contributed by atoms with Crippen LogP contribution in [0.1, 0.15) is 12.8 Å². The predicted octanol–water partition coefficient (Wildman–Crippen LogP) is 0.831. The molecule has 0 bridgehead atoms. The van der Waals surface area contributed by atoms with Crippen LogP contribution < -0.4 is 10.2 Å². The van der Waals surface area contributed by atoms with Crippen LogP contribution in [0.5, 0.6) is 0 Å². The lowest BCUT2D eigenvalue weighted by molar-refractivity contribution is -0.148. The molecule has 8 heteroatoms. The minimum Gasteiger partial charge on any atom is -0.479 e. The number of ether oxygens (including phenoxy) is 1. The van der Waals surface area contributed by atoms with E-state index in [1.165, 1.54) is 23.8 Å². The van der Waals surface area contributed by atoms with Crippen molar-refractivity contribution in [3.05, 3.63) is 24.3 Å². The standard InChI is InChI=1S/C15H16N2O5S/c1-22-10(13(19)20)8-16-14(21)15-7-6-12(18)17(15)9-4-2-3-5-11(9)23-15/h2-5,10H,6-8H2,1H3,(H,16,21)(H,19,20). The lowest BCUT2D eigenvalue weighted by atomic mass is 10.1. The van der Waals surface area contributed by atoms with E-state index in [1.807, 2.05) is 24.3 Å². The number of carboxylic acid groups (broad SMARTS) is 1. The van der Waals surface area contributed by atoms with E-state index in [2.05, 4.69) is 5.32 Å². The number of methoxy groups -OCH3 is 1. The number of aliphatic carboxylic acids is 1. The van der Waals surface area contributed by atoms with Crippen molar-refractivity contribution in [3.8, 4) is 0 Å². The predicted molar refractivity (Wildman–Crippen MR) is 83.2 cm³/mol. The first kappa shape index (κ1) is 15.8. The number of rotatable bonds is 5. The van der Waals surface area contributed by atoms with E-state index in [1.54, 1.807) is 0 Å². The summed E-state index contributed by atoms with van der Waals surface area (Å²) in [5.41, 5.74) is 0.733. The van der Waals surface area contributed by atoms with Crippen molar-refractivity contribution in [2.45, 2.75) is 28.7 Å². The van der Waals surface area contributed by atoms with Crippen molar-refractivity contribution in [2.75, 3.05) is 18.6 Å². The first-order valence-corrected chi connectivity index (χ1v) is 7.96. The summed E-state index contributed by atoms with van der Waals surface area (Å²) in [6, 6.07) is 7.37. The first-order valence-electron chi connectivity index (χ1n) is 7.14. The van der Waals surface area contributed by atoms with Crippen molar-refractivity contribution in [1.82, 2.24) is 5.32 Å². The molecule has 23 heavy (non-hydrogen) atoms. The summed E-state index contributed by atoms with van der Waals surface area (Å²) in [5, 5.41) is 11.6. The molecule has 0 spiro atoms. The highest BCUT2D eigenvalue weighted by Crippen LogP contribution is 2.55. The van der Waals surface area contributed by atoms with Crippen LogP contribution in [0.3, 0.4) is 0 Å². The molecule has 1 saturated heterocycles. The summed E-state index contributed by atoms with van der Waals surface area (Å²) in [5.74, 6) is -1.61. The average Bonchev–Trinajstić information content (AvgIpc) is 3.03. The molecule has 3 rings (SSSR count). The van der Waals surface area contributed by atoms with Gasteiger partial charge in [0.15, 0.2) is 11.0 Å². The van der Waals surface area contributed by atoms with E-state index in [0.29, 0.717) is 12.8 Å². The Hall–Kier alpha value is -2.06. The van der Waals surface area contributed by atoms with Crippen molar-refractivity contribution in [3.63, 3.8) is 0 Å². The van der Waals surface area contributed by atoms with Crippen LogP contribution in [0.4, 0.5) is 5.69 Å². The topological polar surface area (TPSA) is 95.9 Å². The van der Waals surface area contributed by atoms with E-state index in [-0.39, 0.29) is 18.4 Å². The molecule has 7 nitrogen and oxygen atoms in total. The maximum Gasteiger partial charge on any atom is 0.334 e. The summed E-state index contributed by atoms with van der Waals surface area (Å²) in [6.07, 6.45) is -0.432. The SMILES string of the molecule is COC(CNC(=O)C12CCC(=O)N1c1ccccc1S2)C(=O)O. The summed E-state index contributed by atoms with van der Waals surface area (Å²) in [4.78, 5) is 37.3. The second-order valence-corrected chi connectivity index (χ2v) is 6.68. The zero-order valence-electron chi connectivity index (χ0n) is 12.4. The van der Waals surface area contributed by atoms with Gasteiger partial charge in [-0.15, -0.1) is 0 Å². The van der Waals surface area contributed by atoms with Gasteiger partial charge in [-0.05, 0) is 18.6 Å². The molecule has 122 valence electrons. The fourth-order valence-corrected chi connectivity index (χ4v) is 4.33. The number of carbonyl (C=O) groups is 3. The number of hydrogen-bond acceptors (Lipinski definition) is 5. The highest BCUT2D eigenvalue weighted by Gasteiger charge is 2.57. The number of nitrogens with one attached hydrogen (secondary N) is 1. The maximum absolute atomic E-state index is 12.7. The van der Waals surface area contributed by atoms with E-state index < -0.39 is 16.9 Å². The fraction of sp³-hybridized carbons (Fsp3) is 0.400. The number of anilines is 1. The molecule has 2 atom stereocenters. The summed E-state index contributed by atoms with van der Waals surface area (Å²) >= 11 is 1.34. The minimum absolute atomic E-state index is 0.0980. The number of carboxylic acids is 1.